The summed E-state index contributed by atoms with van der Waals surface area (Å²) in [6.45, 7) is 9.46. The zero-order valence-electron chi connectivity index (χ0n) is 17.3. The van der Waals surface area contributed by atoms with Crippen LogP contribution in [-0.4, -0.2) is 29.6 Å². The third-order valence-corrected chi connectivity index (χ3v) is 5.89. The first-order chi connectivity index (χ1) is 13.2. The summed E-state index contributed by atoms with van der Waals surface area (Å²) in [6.07, 6.45) is -5.33. The third kappa shape index (κ3) is 4.52. The van der Waals surface area contributed by atoms with Crippen LogP contribution in [0.25, 0.3) is 0 Å². The predicted octanol–water partition coefficient (Wildman–Crippen LogP) is 4.35. The predicted molar refractivity (Wildman–Crippen MR) is 107 cm³/mol. The van der Waals surface area contributed by atoms with Crippen LogP contribution in [0.3, 0.4) is 0 Å². The van der Waals surface area contributed by atoms with Crippen molar-refractivity contribution >= 4 is 12.6 Å². The van der Waals surface area contributed by atoms with Crippen molar-refractivity contribution in [3.63, 3.8) is 0 Å². The van der Waals surface area contributed by atoms with Gasteiger partial charge in [-0.05, 0) is 56.8 Å². The van der Waals surface area contributed by atoms with Gasteiger partial charge < -0.3 is 14.4 Å². The highest BCUT2D eigenvalue weighted by molar-refractivity contribution is 6.62. The van der Waals surface area contributed by atoms with E-state index in [2.05, 4.69) is 0 Å². The summed E-state index contributed by atoms with van der Waals surface area (Å²) in [5.41, 5.74) is -0.444. The lowest BCUT2D eigenvalue weighted by Crippen LogP contribution is -2.41. The molecule has 0 saturated carbocycles. The maximum Gasteiger partial charge on any atom is 0.494 e. The SMILES string of the molecule is CC(O)(c1ccc(B2OC(C)(C)C(C)(C)O2)cc1)c1cccc(CC(F)(F)F)c1. The highest BCUT2D eigenvalue weighted by Crippen LogP contribution is 2.37. The van der Waals surface area contributed by atoms with E-state index in [0.29, 0.717) is 11.1 Å². The van der Waals surface area contributed by atoms with Gasteiger partial charge in [0.15, 0.2) is 0 Å². The third-order valence-electron chi connectivity index (χ3n) is 5.89. The largest absolute Gasteiger partial charge is 0.494 e. The fraction of sp³-hybridized carbons (Fsp3) is 0.455. The van der Waals surface area contributed by atoms with Crippen molar-refractivity contribution in [3.8, 4) is 0 Å². The van der Waals surface area contributed by atoms with Crippen LogP contribution >= 0.6 is 0 Å². The molecular weight excluding hydrogens is 380 g/mol. The van der Waals surface area contributed by atoms with Gasteiger partial charge in [0.2, 0.25) is 0 Å². The molecule has 0 aliphatic carbocycles. The van der Waals surface area contributed by atoms with Crippen molar-refractivity contribution in [1.29, 1.82) is 0 Å². The molecule has 156 valence electrons. The number of benzene rings is 2. The number of aliphatic hydroxyl groups is 1. The minimum absolute atomic E-state index is 0.115. The summed E-state index contributed by atoms with van der Waals surface area (Å²) in [5, 5.41) is 11.1. The average molecular weight is 406 g/mol. The van der Waals surface area contributed by atoms with Crippen molar-refractivity contribution in [1.82, 2.24) is 0 Å². The molecule has 2 aromatic carbocycles. The molecule has 1 heterocycles. The van der Waals surface area contributed by atoms with Gasteiger partial charge in [-0.15, -0.1) is 0 Å². The Morgan fingerprint density at radius 3 is 1.97 bits per heavy atom. The second-order valence-corrected chi connectivity index (χ2v) is 8.77. The van der Waals surface area contributed by atoms with Crippen molar-refractivity contribution in [2.24, 2.45) is 0 Å². The van der Waals surface area contributed by atoms with Gasteiger partial charge in [0.25, 0.3) is 0 Å². The number of alkyl halides is 3. The van der Waals surface area contributed by atoms with E-state index in [1.165, 1.54) is 18.2 Å². The molecule has 0 bridgehead atoms. The molecule has 3 rings (SSSR count). The van der Waals surface area contributed by atoms with E-state index in [-0.39, 0.29) is 5.56 Å². The van der Waals surface area contributed by atoms with Crippen molar-refractivity contribution in [2.45, 2.75) is 64.0 Å². The zero-order valence-corrected chi connectivity index (χ0v) is 17.3. The molecule has 1 fully saturated rings. The molecule has 0 radical (unpaired) electrons. The summed E-state index contributed by atoms with van der Waals surface area (Å²) in [5.74, 6) is 0. The van der Waals surface area contributed by atoms with Crippen LogP contribution in [-0.2, 0) is 21.3 Å². The molecule has 0 amide bonds. The number of hydrogen-bond acceptors (Lipinski definition) is 3. The Hall–Kier alpha value is -1.83. The lowest BCUT2D eigenvalue weighted by Gasteiger charge is -2.32. The van der Waals surface area contributed by atoms with Crippen LogP contribution < -0.4 is 5.46 Å². The molecule has 3 nitrogen and oxygen atoms in total. The molecule has 1 atom stereocenters. The lowest BCUT2D eigenvalue weighted by molar-refractivity contribution is -0.127. The lowest BCUT2D eigenvalue weighted by atomic mass is 9.77. The quantitative estimate of drug-likeness (QED) is 0.768. The number of halogens is 3. The van der Waals surface area contributed by atoms with E-state index < -0.39 is 36.5 Å². The molecule has 1 aliphatic heterocycles. The average Bonchev–Trinajstić information content (AvgIpc) is 2.81. The second kappa shape index (κ2) is 7.15. The molecule has 1 N–H and O–H groups in total. The molecular formula is C22H26BF3O3. The fourth-order valence-electron chi connectivity index (χ4n) is 3.33. The van der Waals surface area contributed by atoms with Gasteiger partial charge in [-0.2, -0.15) is 13.2 Å². The van der Waals surface area contributed by atoms with Crippen LogP contribution in [0.5, 0.6) is 0 Å². The Morgan fingerprint density at radius 1 is 0.897 bits per heavy atom. The maximum absolute atomic E-state index is 12.7. The van der Waals surface area contributed by atoms with Crippen LogP contribution in [0.2, 0.25) is 0 Å². The summed E-state index contributed by atoms with van der Waals surface area (Å²) in [4.78, 5) is 0. The summed E-state index contributed by atoms with van der Waals surface area (Å²) < 4.78 is 50.2. The Kier molecular flexibility index (Phi) is 5.39. The summed E-state index contributed by atoms with van der Waals surface area (Å²) in [6, 6.07) is 13.1. The van der Waals surface area contributed by atoms with Gasteiger partial charge in [0.1, 0.15) is 5.60 Å². The molecule has 1 unspecified atom stereocenters. The van der Waals surface area contributed by atoms with Crippen molar-refractivity contribution in [2.75, 3.05) is 0 Å². The van der Waals surface area contributed by atoms with Crippen LogP contribution in [0.1, 0.15) is 51.3 Å². The normalized spacial score (nSPS) is 20.5. The summed E-state index contributed by atoms with van der Waals surface area (Å²) in [7, 11) is -0.519. The first-order valence-electron chi connectivity index (χ1n) is 9.56. The standard InChI is InChI=1S/C22H26BF3O3/c1-19(2)20(3,4)29-23(28-19)18-11-9-16(10-12-18)21(5,27)17-8-6-7-15(13-17)14-22(24,25)26/h6-13,27H,14H2,1-5H3. The van der Waals surface area contributed by atoms with Gasteiger partial charge in [-0.3, -0.25) is 0 Å². The zero-order chi connectivity index (χ0) is 21.7. The minimum atomic E-state index is -4.30. The van der Waals surface area contributed by atoms with Gasteiger partial charge in [-0.1, -0.05) is 48.5 Å². The minimum Gasteiger partial charge on any atom is -0.399 e. The highest BCUT2D eigenvalue weighted by atomic mass is 19.4. The van der Waals surface area contributed by atoms with Crippen LogP contribution in [0, 0.1) is 0 Å². The van der Waals surface area contributed by atoms with E-state index in [1.54, 1.807) is 25.1 Å². The van der Waals surface area contributed by atoms with Gasteiger partial charge >= 0.3 is 13.3 Å². The molecule has 7 heteroatoms. The Balaban J connectivity index is 1.83. The molecule has 1 saturated heterocycles. The second-order valence-electron chi connectivity index (χ2n) is 8.77. The molecule has 0 aromatic heterocycles. The topological polar surface area (TPSA) is 38.7 Å². The molecule has 1 aliphatic rings. The molecule has 29 heavy (non-hydrogen) atoms. The van der Waals surface area contributed by atoms with E-state index in [1.807, 2.05) is 39.8 Å². The van der Waals surface area contributed by atoms with Gasteiger partial charge in [-0.25, -0.2) is 0 Å². The first kappa shape index (κ1) is 21.9. The maximum atomic E-state index is 12.7. The Labute approximate surface area is 170 Å². The van der Waals surface area contributed by atoms with Crippen LogP contribution in [0.4, 0.5) is 13.2 Å². The highest BCUT2D eigenvalue weighted by Gasteiger charge is 2.51. The van der Waals surface area contributed by atoms with E-state index in [9.17, 15) is 18.3 Å². The van der Waals surface area contributed by atoms with Gasteiger partial charge in [0.05, 0.1) is 17.6 Å². The van der Waals surface area contributed by atoms with Crippen LogP contribution in [0.15, 0.2) is 48.5 Å². The van der Waals surface area contributed by atoms with Crippen molar-refractivity contribution < 1.29 is 27.6 Å². The van der Waals surface area contributed by atoms with E-state index in [0.717, 1.165) is 5.46 Å². The Bertz CT molecular complexity index is 858. The Morgan fingerprint density at radius 2 is 1.45 bits per heavy atom. The molecule has 0 spiro atoms. The van der Waals surface area contributed by atoms with Gasteiger partial charge in [0, 0.05) is 0 Å². The number of rotatable bonds is 4. The van der Waals surface area contributed by atoms with E-state index >= 15 is 0 Å². The molecule has 2 aromatic rings. The summed E-state index contributed by atoms with van der Waals surface area (Å²) >= 11 is 0. The van der Waals surface area contributed by atoms with Crippen molar-refractivity contribution in [3.05, 3.63) is 65.2 Å². The smallest absolute Gasteiger partial charge is 0.399 e. The van der Waals surface area contributed by atoms with E-state index in [4.69, 9.17) is 9.31 Å². The number of hydrogen-bond donors (Lipinski definition) is 1. The monoisotopic (exact) mass is 406 g/mol. The first-order valence-corrected chi connectivity index (χ1v) is 9.56. The fourth-order valence-corrected chi connectivity index (χ4v) is 3.33.